The van der Waals surface area contributed by atoms with Gasteiger partial charge < -0.3 is 5.73 Å². The summed E-state index contributed by atoms with van der Waals surface area (Å²) in [6.07, 6.45) is 1.22. The highest BCUT2D eigenvalue weighted by Crippen LogP contribution is 2.32. The van der Waals surface area contributed by atoms with Gasteiger partial charge >= 0.3 is 0 Å². The Balaban J connectivity index is 1.99. The normalized spacial score (nSPS) is 25.9. The van der Waals surface area contributed by atoms with Crippen molar-refractivity contribution in [2.75, 3.05) is 13.1 Å². The van der Waals surface area contributed by atoms with E-state index in [1.54, 1.807) is 11.3 Å². The van der Waals surface area contributed by atoms with E-state index in [0.29, 0.717) is 18.0 Å². The molecule has 1 fully saturated rings. The molecular weight excluding hydrogens is 240 g/mol. The summed E-state index contributed by atoms with van der Waals surface area (Å²) in [5.74, 6) is 0.650. The van der Waals surface area contributed by atoms with Gasteiger partial charge in [0.2, 0.25) is 0 Å². The van der Waals surface area contributed by atoms with Gasteiger partial charge in [0, 0.05) is 18.6 Å². The van der Waals surface area contributed by atoms with Gasteiger partial charge in [0.05, 0.1) is 4.34 Å². The van der Waals surface area contributed by atoms with Crippen LogP contribution in [0, 0.1) is 5.92 Å². The number of nitrogens with zero attached hydrogens (tertiary/aromatic N) is 1. The molecule has 0 amide bonds. The number of likely N-dealkylation sites (tertiary alicyclic amines) is 1. The van der Waals surface area contributed by atoms with Gasteiger partial charge in [-0.15, -0.1) is 11.3 Å². The van der Waals surface area contributed by atoms with Gasteiger partial charge in [-0.05, 0) is 49.7 Å². The molecule has 0 aromatic carbocycles. The minimum absolute atomic E-state index is 0.309. The molecule has 1 aromatic rings. The van der Waals surface area contributed by atoms with Crippen molar-refractivity contribution in [1.82, 2.24) is 4.90 Å². The molecule has 2 rings (SSSR count). The smallest absolute Gasteiger partial charge is 0.0931 e. The first kappa shape index (κ1) is 12.4. The van der Waals surface area contributed by atoms with E-state index in [4.69, 9.17) is 17.3 Å². The lowest BCUT2D eigenvalue weighted by Crippen LogP contribution is -2.30. The summed E-state index contributed by atoms with van der Waals surface area (Å²) in [5.41, 5.74) is 7.29. The van der Waals surface area contributed by atoms with Crippen molar-refractivity contribution in [3.63, 3.8) is 0 Å². The summed E-state index contributed by atoms with van der Waals surface area (Å²) < 4.78 is 0.879. The van der Waals surface area contributed by atoms with Crippen LogP contribution in [0.3, 0.4) is 0 Å². The summed E-state index contributed by atoms with van der Waals surface area (Å²) in [4.78, 5) is 2.51. The number of hydrogen-bond acceptors (Lipinski definition) is 3. The van der Waals surface area contributed by atoms with Crippen LogP contribution in [0.15, 0.2) is 11.4 Å². The van der Waals surface area contributed by atoms with E-state index < -0.39 is 0 Å². The maximum absolute atomic E-state index is 5.97. The summed E-state index contributed by atoms with van der Waals surface area (Å²) in [7, 11) is 0. The molecule has 4 heteroatoms. The Morgan fingerprint density at radius 1 is 1.56 bits per heavy atom. The quantitative estimate of drug-likeness (QED) is 0.903. The van der Waals surface area contributed by atoms with E-state index in [0.717, 1.165) is 17.4 Å². The van der Waals surface area contributed by atoms with Crippen molar-refractivity contribution >= 4 is 22.9 Å². The molecule has 3 atom stereocenters. The van der Waals surface area contributed by atoms with E-state index in [1.807, 2.05) is 0 Å². The second kappa shape index (κ2) is 5.05. The fraction of sp³-hybridized carbons (Fsp3) is 0.667. The lowest BCUT2D eigenvalue weighted by molar-refractivity contribution is 0.248. The monoisotopic (exact) mass is 258 g/mol. The average molecular weight is 259 g/mol. The van der Waals surface area contributed by atoms with E-state index in [-0.39, 0.29) is 0 Å². The highest BCUT2D eigenvalue weighted by atomic mass is 35.5. The molecule has 0 bridgehead atoms. The third-order valence-electron chi connectivity index (χ3n) is 3.62. The highest BCUT2D eigenvalue weighted by Gasteiger charge is 2.28. The fourth-order valence-electron chi connectivity index (χ4n) is 2.35. The van der Waals surface area contributed by atoms with Crippen molar-refractivity contribution in [3.8, 4) is 0 Å². The number of rotatable bonds is 3. The topological polar surface area (TPSA) is 29.3 Å². The van der Waals surface area contributed by atoms with Crippen LogP contribution in [0.5, 0.6) is 0 Å². The Hall–Kier alpha value is -0.0900. The molecule has 90 valence electrons. The van der Waals surface area contributed by atoms with Crippen LogP contribution >= 0.6 is 22.9 Å². The molecule has 0 spiro atoms. The molecule has 0 radical (unpaired) electrons. The Morgan fingerprint density at radius 2 is 2.31 bits per heavy atom. The second-order valence-electron chi connectivity index (χ2n) is 4.76. The SMILES string of the molecule is CC(N)C1CCN(C(C)c2csc(Cl)c2)C1. The lowest BCUT2D eigenvalue weighted by Gasteiger charge is -2.24. The van der Waals surface area contributed by atoms with Crippen molar-refractivity contribution in [3.05, 3.63) is 21.3 Å². The molecule has 2 N–H and O–H groups in total. The lowest BCUT2D eigenvalue weighted by atomic mass is 10.0. The Labute approximate surface area is 106 Å². The molecule has 3 unspecified atom stereocenters. The Morgan fingerprint density at radius 3 is 2.81 bits per heavy atom. The first-order valence-electron chi connectivity index (χ1n) is 5.81. The van der Waals surface area contributed by atoms with E-state index >= 15 is 0 Å². The van der Waals surface area contributed by atoms with E-state index in [1.165, 1.54) is 12.0 Å². The minimum Gasteiger partial charge on any atom is -0.328 e. The standard InChI is InChI=1S/C12H19ClN2S/c1-8(14)10-3-4-15(6-10)9(2)11-5-12(13)16-7-11/h5,7-10H,3-4,6,14H2,1-2H3. The van der Waals surface area contributed by atoms with Crippen LogP contribution in [0.4, 0.5) is 0 Å². The van der Waals surface area contributed by atoms with Crippen molar-refractivity contribution in [2.24, 2.45) is 11.7 Å². The second-order valence-corrected chi connectivity index (χ2v) is 6.31. The van der Waals surface area contributed by atoms with Gasteiger partial charge in [-0.3, -0.25) is 4.90 Å². The number of halogens is 1. The maximum Gasteiger partial charge on any atom is 0.0931 e. The van der Waals surface area contributed by atoms with Gasteiger partial charge in [0.1, 0.15) is 0 Å². The highest BCUT2D eigenvalue weighted by molar-refractivity contribution is 7.14. The van der Waals surface area contributed by atoms with Crippen molar-refractivity contribution < 1.29 is 0 Å². The van der Waals surface area contributed by atoms with Crippen molar-refractivity contribution in [1.29, 1.82) is 0 Å². The van der Waals surface area contributed by atoms with E-state index in [9.17, 15) is 0 Å². The fourth-order valence-corrected chi connectivity index (χ4v) is 3.33. The van der Waals surface area contributed by atoms with Crippen LogP contribution in [0.2, 0.25) is 4.34 Å². The molecule has 2 nitrogen and oxygen atoms in total. The minimum atomic E-state index is 0.309. The zero-order valence-electron chi connectivity index (χ0n) is 9.82. The van der Waals surface area contributed by atoms with Gasteiger partial charge in [0.25, 0.3) is 0 Å². The Kier molecular flexibility index (Phi) is 3.90. The first-order chi connectivity index (χ1) is 7.58. The van der Waals surface area contributed by atoms with Gasteiger partial charge in [-0.1, -0.05) is 11.6 Å². The van der Waals surface area contributed by atoms with Gasteiger partial charge in [-0.25, -0.2) is 0 Å². The molecule has 1 saturated heterocycles. The summed E-state index contributed by atoms with van der Waals surface area (Å²) in [5, 5.41) is 2.16. The van der Waals surface area contributed by atoms with Crippen LogP contribution in [0.1, 0.15) is 31.9 Å². The molecule has 0 aliphatic carbocycles. The van der Waals surface area contributed by atoms with Crippen molar-refractivity contribution in [2.45, 2.75) is 32.4 Å². The van der Waals surface area contributed by atoms with Crippen LogP contribution < -0.4 is 5.73 Å². The molecule has 1 aliphatic rings. The molecule has 2 heterocycles. The molecule has 1 aromatic heterocycles. The maximum atomic E-state index is 5.97. The average Bonchev–Trinajstić information content (AvgIpc) is 2.84. The molecular formula is C12H19ClN2S. The number of hydrogen-bond donors (Lipinski definition) is 1. The summed E-state index contributed by atoms with van der Waals surface area (Å²) in [6.45, 7) is 6.63. The summed E-state index contributed by atoms with van der Waals surface area (Å²) in [6, 6.07) is 2.85. The molecule has 0 saturated carbocycles. The number of thiophene rings is 1. The van der Waals surface area contributed by atoms with E-state index in [2.05, 4.69) is 30.2 Å². The molecule has 16 heavy (non-hydrogen) atoms. The largest absolute Gasteiger partial charge is 0.328 e. The predicted molar refractivity (Wildman–Crippen MR) is 71.1 cm³/mol. The van der Waals surface area contributed by atoms with Gasteiger partial charge in [-0.2, -0.15) is 0 Å². The van der Waals surface area contributed by atoms with Crippen LogP contribution in [-0.2, 0) is 0 Å². The molecule has 1 aliphatic heterocycles. The van der Waals surface area contributed by atoms with Crippen LogP contribution in [0.25, 0.3) is 0 Å². The third-order valence-corrected chi connectivity index (χ3v) is 4.73. The first-order valence-corrected chi connectivity index (χ1v) is 7.07. The Bertz CT molecular complexity index is 351. The van der Waals surface area contributed by atoms with Crippen LogP contribution in [-0.4, -0.2) is 24.0 Å². The zero-order chi connectivity index (χ0) is 11.7. The number of nitrogens with two attached hydrogens (primary N) is 1. The predicted octanol–water partition coefficient (Wildman–Crippen LogP) is 3.13. The third kappa shape index (κ3) is 2.59. The van der Waals surface area contributed by atoms with Gasteiger partial charge in [0.15, 0.2) is 0 Å². The zero-order valence-corrected chi connectivity index (χ0v) is 11.4. The summed E-state index contributed by atoms with van der Waals surface area (Å²) >= 11 is 7.58.